The summed E-state index contributed by atoms with van der Waals surface area (Å²) in [6.45, 7) is 6.80. The SMILES string of the molecule is CCN(C(=O)C1CNCCO1)C(C)Cc1ccc(OC)cc1. The van der Waals surface area contributed by atoms with Gasteiger partial charge in [-0.25, -0.2) is 0 Å². The quantitative estimate of drug-likeness (QED) is 0.864. The standard InChI is InChI=1S/C17H26N2O3/c1-4-19(17(20)16-12-18-9-10-22-16)13(2)11-14-5-7-15(21-3)8-6-14/h5-8,13,16,18H,4,9-12H2,1-3H3. The summed E-state index contributed by atoms with van der Waals surface area (Å²) < 4.78 is 10.8. The van der Waals surface area contributed by atoms with E-state index in [-0.39, 0.29) is 18.1 Å². The molecule has 1 aliphatic rings. The summed E-state index contributed by atoms with van der Waals surface area (Å²) >= 11 is 0. The van der Waals surface area contributed by atoms with Crippen LogP contribution < -0.4 is 10.1 Å². The van der Waals surface area contributed by atoms with Crippen LogP contribution in [-0.2, 0) is 16.0 Å². The number of likely N-dealkylation sites (N-methyl/N-ethyl adjacent to an activating group) is 1. The number of methoxy groups -OCH3 is 1. The molecule has 1 N–H and O–H groups in total. The smallest absolute Gasteiger partial charge is 0.253 e. The molecule has 0 aromatic heterocycles. The summed E-state index contributed by atoms with van der Waals surface area (Å²) in [7, 11) is 1.66. The second-order valence-corrected chi connectivity index (χ2v) is 5.59. The Morgan fingerprint density at radius 1 is 1.45 bits per heavy atom. The zero-order chi connectivity index (χ0) is 15.9. The van der Waals surface area contributed by atoms with Crippen LogP contribution in [0.2, 0.25) is 0 Å². The molecule has 0 bridgehead atoms. The van der Waals surface area contributed by atoms with Gasteiger partial charge in [-0.05, 0) is 38.0 Å². The summed E-state index contributed by atoms with van der Waals surface area (Å²) in [6, 6.07) is 8.14. The number of amides is 1. The third-order valence-corrected chi connectivity index (χ3v) is 4.05. The molecule has 22 heavy (non-hydrogen) atoms. The van der Waals surface area contributed by atoms with Gasteiger partial charge in [0.05, 0.1) is 13.7 Å². The van der Waals surface area contributed by atoms with Gasteiger partial charge in [0.25, 0.3) is 5.91 Å². The minimum absolute atomic E-state index is 0.0794. The lowest BCUT2D eigenvalue weighted by Crippen LogP contribution is -2.52. The summed E-state index contributed by atoms with van der Waals surface area (Å²) in [5.74, 6) is 0.928. The number of nitrogens with zero attached hydrogens (tertiary/aromatic N) is 1. The monoisotopic (exact) mass is 306 g/mol. The van der Waals surface area contributed by atoms with Crippen LogP contribution in [0.1, 0.15) is 19.4 Å². The molecule has 1 saturated heterocycles. The summed E-state index contributed by atoms with van der Waals surface area (Å²) in [6.07, 6.45) is 0.469. The predicted molar refractivity (Wildman–Crippen MR) is 86.2 cm³/mol. The molecule has 5 nitrogen and oxygen atoms in total. The first-order valence-corrected chi connectivity index (χ1v) is 7.91. The van der Waals surface area contributed by atoms with Gasteiger partial charge in [0, 0.05) is 25.7 Å². The van der Waals surface area contributed by atoms with Crippen molar-refractivity contribution in [3.05, 3.63) is 29.8 Å². The second-order valence-electron chi connectivity index (χ2n) is 5.59. The lowest BCUT2D eigenvalue weighted by molar-refractivity contribution is -0.147. The van der Waals surface area contributed by atoms with E-state index in [1.807, 2.05) is 36.1 Å². The molecule has 0 aliphatic carbocycles. The highest BCUT2D eigenvalue weighted by Crippen LogP contribution is 2.15. The Morgan fingerprint density at radius 3 is 2.73 bits per heavy atom. The number of hydrogen-bond donors (Lipinski definition) is 1. The van der Waals surface area contributed by atoms with Crippen molar-refractivity contribution in [2.24, 2.45) is 0 Å². The molecule has 0 spiro atoms. The van der Waals surface area contributed by atoms with Gasteiger partial charge in [0.15, 0.2) is 0 Å². The van der Waals surface area contributed by atoms with Gasteiger partial charge in [0.1, 0.15) is 11.9 Å². The highest BCUT2D eigenvalue weighted by molar-refractivity contribution is 5.81. The van der Waals surface area contributed by atoms with Crippen LogP contribution in [0.15, 0.2) is 24.3 Å². The Bertz CT molecular complexity index is 469. The molecule has 1 fully saturated rings. The lowest BCUT2D eigenvalue weighted by Gasteiger charge is -2.33. The maximum absolute atomic E-state index is 12.6. The second kappa shape index (κ2) is 8.15. The number of ether oxygens (including phenoxy) is 2. The van der Waals surface area contributed by atoms with Crippen molar-refractivity contribution in [1.82, 2.24) is 10.2 Å². The fourth-order valence-corrected chi connectivity index (χ4v) is 2.81. The molecule has 1 heterocycles. The fourth-order valence-electron chi connectivity index (χ4n) is 2.81. The van der Waals surface area contributed by atoms with E-state index in [0.717, 1.165) is 18.7 Å². The van der Waals surface area contributed by atoms with Crippen molar-refractivity contribution in [3.63, 3.8) is 0 Å². The maximum atomic E-state index is 12.6. The van der Waals surface area contributed by atoms with Crippen LogP contribution in [0, 0.1) is 0 Å². The van der Waals surface area contributed by atoms with E-state index < -0.39 is 0 Å². The fraction of sp³-hybridized carbons (Fsp3) is 0.588. The average molecular weight is 306 g/mol. The molecular formula is C17H26N2O3. The molecule has 2 unspecified atom stereocenters. The molecule has 1 aromatic rings. The summed E-state index contributed by atoms with van der Waals surface area (Å²) in [5, 5.41) is 3.21. The van der Waals surface area contributed by atoms with Crippen molar-refractivity contribution >= 4 is 5.91 Å². The van der Waals surface area contributed by atoms with Crippen molar-refractivity contribution in [3.8, 4) is 5.75 Å². The molecule has 0 radical (unpaired) electrons. The van der Waals surface area contributed by atoms with Crippen LogP contribution in [0.4, 0.5) is 0 Å². The molecule has 122 valence electrons. The summed E-state index contributed by atoms with van der Waals surface area (Å²) in [5.41, 5.74) is 1.20. The van der Waals surface area contributed by atoms with E-state index in [0.29, 0.717) is 19.7 Å². The summed E-state index contributed by atoms with van der Waals surface area (Å²) in [4.78, 5) is 14.5. The van der Waals surface area contributed by atoms with E-state index >= 15 is 0 Å². The van der Waals surface area contributed by atoms with Crippen LogP contribution >= 0.6 is 0 Å². The third kappa shape index (κ3) is 4.21. The molecule has 0 saturated carbocycles. The molecule has 2 rings (SSSR count). The molecule has 5 heteroatoms. The average Bonchev–Trinajstić information content (AvgIpc) is 2.57. The van der Waals surface area contributed by atoms with Gasteiger partial charge in [-0.1, -0.05) is 12.1 Å². The molecule has 1 aliphatic heterocycles. The number of nitrogens with one attached hydrogen (secondary N) is 1. The topological polar surface area (TPSA) is 50.8 Å². The number of carbonyl (C=O) groups is 1. The molecule has 1 amide bonds. The largest absolute Gasteiger partial charge is 0.497 e. The van der Waals surface area contributed by atoms with Gasteiger partial charge in [-0.2, -0.15) is 0 Å². The highest BCUT2D eigenvalue weighted by atomic mass is 16.5. The van der Waals surface area contributed by atoms with Gasteiger partial charge in [-0.3, -0.25) is 4.79 Å². The van der Waals surface area contributed by atoms with Crippen molar-refractivity contribution in [2.45, 2.75) is 32.4 Å². The zero-order valence-electron chi connectivity index (χ0n) is 13.7. The Hall–Kier alpha value is -1.59. The Kier molecular flexibility index (Phi) is 6.21. The number of benzene rings is 1. The normalized spacial score (nSPS) is 19.5. The van der Waals surface area contributed by atoms with Crippen molar-refractivity contribution < 1.29 is 14.3 Å². The van der Waals surface area contributed by atoms with Gasteiger partial charge >= 0.3 is 0 Å². The highest BCUT2D eigenvalue weighted by Gasteiger charge is 2.28. The maximum Gasteiger partial charge on any atom is 0.253 e. The number of carbonyl (C=O) groups excluding carboxylic acids is 1. The van der Waals surface area contributed by atoms with Crippen molar-refractivity contribution in [1.29, 1.82) is 0 Å². The first-order valence-electron chi connectivity index (χ1n) is 7.91. The minimum atomic E-state index is -0.355. The first kappa shape index (κ1) is 16.8. The van der Waals surface area contributed by atoms with Crippen LogP contribution in [0.3, 0.4) is 0 Å². The Balaban J connectivity index is 1.97. The van der Waals surface area contributed by atoms with Crippen molar-refractivity contribution in [2.75, 3.05) is 33.4 Å². The molecular weight excluding hydrogens is 280 g/mol. The zero-order valence-corrected chi connectivity index (χ0v) is 13.7. The third-order valence-electron chi connectivity index (χ3n) is 4.05. The first-order chi connectivity index (χ1) is 10.7. The Morgan fingerprint density at radius 2 is 2.18 bits per heavy atom. The van der Waals surface area contributed by atoms with E-state index in [1.165, 1.54) is 5.56 Å². The number of morpholine rings is 1. The van der Waals surface area contributed by atoms with Gasteiger partial charge < -0.3 is 19.7 Å². The molecule has 1 aromatic carbocycles. The molecule has 2 atom stereocenters. The van der Waals surface area contributed by atoms with Crippen LogP contribution in [-0.4, -0.2) is 56.3 Å². The van der Waals surface area contributed by atoms with E-state index in [9.17, 15) is 4.79 Å². The van der Waals surface area contributed by atoms with E-state index in [1.54, 1.807) is 7.11 Å². The lowest BCUT2D eigenvalue weighted by atomic mass is 10.0. The van der Waals surface area contributed by atoms with Gasteiger partial charge in [-0.15, -0.1) is 0 Å². The minimum Gasteiger partial charge on any atom is -0.497 e. The number of hydrogen-bond acceptors (Lipinski definition) is 4. The van der Waals surface area contributed by atoms with Gasteiger partial charge in [0.2, 0.25) is 0 Å². The van der Waals surface area contributed by atoms with E-state index in [2.05, 4.69) is 12.2 Å². The Labute approximate surface area is 132 Å². The van der Waals surface area contributed by atoms with E-state index in [4.69, 9.17) is 9.47 Å². The van der Waals surface area contributed by atoms with Crippen LogP contribution in [0.25, 0.3) is 0 Å². The predicted octanol–water partition coefficient (Wildman–Crippen LogP) is 1.46. The van der Waals surface area contributed by atoms with Crippen LogP contribution in [0.5, 0.6) is 5.75 Å². The number of rotatable bonds is 6.